The summed E-state index contributed by atoms with van der Waals surface area (Å²) in [5.41, 5.74) is 2.89. The van der Waals surface area contributed by atoms with Crippen LogP contribution in [0, 0.1) is 0 Å². The summed E-state index contributed by atoms with van der Waals surface area (Å²) in [6.07, 6.45) is 6.24. The number of amides is 1. The van der Waals surface area contributed by atoms with E-state index in [0.717, 1.165) is 43.7 Å². The summed E-state index contributed by atoms with van der Waals surface area (Å²) in [5, 5.41) is 6.47. The Balaban J connectivity index is 1.32. The molecule has 7 nitrogen and oxygen atoms in total. The fraction of sp³-hybridized carbons (Fsp3) is 0.381. The topological polar surface area (TPSA) is 81.1 Å². The normalized spacial score (nSPS) is 21.2. The number of carbonyl (C=O) groups excluding carboxylic acids is 1. The van der Waals surface area contributed by atoms with Gasteiger partial charge in [-0.2, -0.15) is 0 Å². The van der Waals surface area contributed by atoms with Gasteiger partial charge in [-0.05, 0) is 50.6 Å². The molecule has 4 heterocycles. The molecule has 1 unspecified atom stereocenters. The lowest BCUT2D eigenvalue weighted by atomic mass is 9.88. The first kappa shape index (κ1) is 17.3. The van der Waals surface area contributed by atoms with Crippen molar-refractivity contribution in [2.45, 2.75) is 30.9 Å². The van der Waals surface area contributed by atoms with Gasteiger partial charge in [-0.3, -0.25) is 9.36 Å². The van der Waals surface area contributed by atoms with E-state index in [1.807, 2.05) is 34.9 Å². The number of fused-ring (bicyclic) bond motifs is 1. The SMILES string of the molecule is O=C(NC1COC2(CCNCC2)C1)c1cnc2c(c1)ncn2-c1ccccc1. The van der Waals surface area contributed by atoms with Crippen LogP contribution in [0.1, 0.15) is 29.6 Å². The standard InChI is InChI=1S/C21H23N5O2/c27-20(25-16-11-21(28-13-16)6-8-22-9-7-21)15-10-18-19(23-12-15)26(14-24-18)17-4-2-1-3-5-17/h1-5,10,12,14,16,22H,6-9,11,13H2,(H,25,27). The summed E-state index contributed by atoms with van der Waals surface area (Å²) < 4.78 is 7.99. The van der Waals surface area contributed by atoms with Gasteiger partial charge >= 0.3 is 0 Å². The molecule has 0 radical (unpaired) electrons. The van der Waals surface area contributed by atoms with E-state index < -0.39 is 0 Å². The predicted octanol–water partition coefficient (Wildman–Crippen LogP) is 2.06. The highest BCUT2D eigenvalue weighted by Crippen LogP contribution is 2.34. The van der Waals surface area contributed by atoms with Crippen molar-refractivity contribution in [3.05, 3.63) is 54.5 Å². The van der Waals surface area contributed by atoms with Gasteiger partial charge in [0.2, 0.25) is 0 Å². The summed E-state index contributed by atoms with van der Waals surface area (Å²) >= 11 is 0. The van der Waals surface area contributed by atoms with E-state index in [1.165, 1.54) is 0 Å². The van der Waals surface area contributed by atoms with Crippen LogP contribution in [0.3, 0.4) is 0 Å². The molecular formula is C21H23N5O2. The molecule has 5 rings (SSSR count). The minimum Gasteiger partial charge on any atom is -0.373 e. The maximum atomic E-state index is 12.7. The van der Waals surface area contributed by atoms with Gasteiger partial charge in [0.15, 0.2) is 5.65 Å². The van der Waals surface area contributed by atoms with Gasteiger partial charge < -0.3 is 15.4 Å². The van der Waals surface area contributed by atoms with E-state index in [9.17, 15) is 4.79 Å². The van der Waals surface area contributed by atoms with Crippen LogP contribution >= 0.6 is 0 Å². The lowest BCUT2D eigenvalue weighted by molar-refractivity contribution is -0.0194. The number of imidazole rings is 1. The number of hydrogen-bond donors (Lipinski definition) is 2. The first-order valence-electron chi connectivity index (χ1n) is 9.77. The smallest absolute Gasteiger partial charge is 0.253 e. The summed E-state index contributed by atoms with van der Waals surface area (Å²) in [4.78, 5) is 21.7. The molecule has 7 heteroatoms. The monoisotopic (exact) mass is 377 g/mol. The van der Waals surface area contributed by atoms with Crippen molar-refractivity contribution in [3.63, 3.8) is 0 Å². The largest absolute Gasteiger partial charge is 0.373 e. The molecule has 0 aliphatic carbocycles. The molecular weight excluding hydrogens is 354 g/mol. The van der Waals surface area contributed by atoms with Crippen LogP contribution in [-0.4, -0.2) is 51.8 Å². The summed E-state index contributed by atoms with van der Waals surface area (Å²) in [5.74, 6) is -0.122. The van der Waals surface area contributed by atoms with Gasteiger partial charge in [-0.15, -0.1) is 0 Å². The van der Waals surface area contributed by atoms with E-state index in [1.54, 1.807) is 18.6 Å². The first-order chi connectivity index (χ1) is 13.7. The average molecular weight is 377 g/mol. The fourth-order valence-electron chi connectivity index (χ4n) is 4.24. The summed E-state index contributed by atoms with van der Waals surface area (Å²) in [6, 6.07) is 11.8. The molecule has 28 heavy (non-hydrogen) atoms. The van der Waals surface area contributed by atoms with Crippen LogP contribution in [0.25, 0.3) is 16.9 Å². The molecule has 2 aromatic heterocycles. The van der Waals surface area contributed by atoms with E-state index in [0.29, 0.717) is 17.7 Å². The maximum absolute atomic E-state index is 12.7. The zero-order valence-corrected chi connectivity index (χ0v) is 15.6. The molecule has 2 saturated heterocycles. The lowest BCUT2D eigenvalue weighted by Crippen LogP contribution is -2.43. The van der Waals surface area contributed by atoms with Crippen molar-refractivity contribution in [2.75, 3.05) is 19.7 Å². The summed E-state index contributed by atoms with van der Waals surface area (Å²) in [6.45, 7) is 2.53. The Bertz CT molecular complexity index is 994. The van der Waals surface area contributed by atoms with Gasteiger partial charge in [-0.25, -0.2) is 9.97 Å². The Morgan fingerprint density at radius 1 is 1.21 bits per heavy atom. The Morgan fingerprint density at radius 2 is 2.04 bits per heavy atom. The first-order valence-corrected chi connectivity index (χ1v) is 9.77. The molecule has 1 amide bonds. The van der Waals surface area contributed by atoms with E-state index in [4.69, 9.17) is 4.74 Å². The number of nitrogens with zero attached hydrogens (tertiary/aromatic N) is 3. The zero-order chi connectivity index (χ0) is 19.0. The van der Waals surface area contributed by atoms with E-state index >= 15 is 0 Å². The van der Waals surface area contributed by atoms with Gasteiger partial charge in [-0.1, -0.05) is 18.2 Å². The molecule has 2 aliphatic rings. The molecule has 3 aromatic rings. The molecule has 0 saturated carbocycles. The number of nitrogens with one attached hydrogen (secondary N) is 2. The molecule has 0 bridgehead atoms. The highest BCUT2D eigenvalue weighted by atomic mass is 16.5. The average Bonchev–Trinajstić information content (AvgIpc) is 3.33. The minimum absolute atomic E-state index is 0.0446. The molecule has 2 aliphatic heterocycles. The molecule has 1 spiro atoms. The quantitative estimate of drug-likeness (QED) is 0.730. The van der Waals surface area contributed by atoms with Crippen molar-refractivity contribution >= 4 is 17.1 Å². The van der Waals surface area contributed by atoms with Crippen molar-refractivity contribution in [1.82, 2.24) is 25.2 Å². The highest BCUT2D eigenvalue weighted by molar-refractivity contribution is 5.96. The third kappa shape index (κ3) is 3.16. The third-order valence-corrected chi connectivity index (χ3v) is 5.74. The van der Waals surface area contributed by atoms with Gasteiger partial charge in [0.25, 0.3) is 5.91 Å². The van der Waals surface area contributed by atoms with Gasteiger partial charge in [0, 0.05) is 11.9 Å². The number of benzene rings is 1. The number of para-hydroxylation sites is 1. The van der Waals surface area contributed by atoms with Crippen molar-refractivity contribution in [3.8, 4) is 5.69 Å². The van der Waals surface area contributed by atoms with E-state index in [2.05, 4.69) is 20.6 Å². The number of pyridine rings is 1. The lowest BCUT2D eigenvalue weighted by Gasteiger charge is -2.32. The Kier molecular flexibility index (Phi) is 4.33. The van der Waals surface area contributed by atoms with Crippen LogP contribution in [-0.2, 0) is 4.74 Å². The number of aromatic nitrogens is 3. The number of ether oxygens (including phenoxy) is 1. The van der Waals surface area contributed by atoms with Crippen molar-refractivity contribution < 1.29 is 9.53 Å². The third-order valence-electron chi connectivity index (χ3n) is 5.74. The second kappa shape index (κ2) is 7.00. The molecule has 1 aromatic carbocycles. The maximum Gasteiger partial charge on any atom is 0.253 e. The fourth-order valence-corrected chi connectivity index (χ4v) is 4.24. The predicted molar refractivity (Wildman–Crippen MR) is 106 cm³/mol. The second-order valence-electron chi connectivity index (χ2n) is 7.64. The highest BCUT2D eigenvalue weighted by Gasteiger charge is 2.41. The molecule has 2 N–H and O–H groups in total. The minimum atomic E-state index is -0.122. The van der Waals surface area contributed by atoms with Crippen LogP contribution < -0.4 is 10.6 Å². The number of piperidine rings is 1. The van der Waals surface area contributed by atoms with Crippen molar-refractivity contribution in [2.24, 2.45) is 0 Å². The van der Waals surface area contributed by atoms with E-state index in [-0.39, 0.29) is 17.6 Å². The Hall–Kier alpha value is -2.77. The number of hydrogen-bond acceptors (Lipinski definition) is 5. The zero-order valence-electron chi connectivity index (χ0n) is 15.6. The van der Waals surface area contributed by atoms with Crippen LogP contribution in [0.5, 0.6) is 0 Å². The second-order valence-corrected chi connectivity index (χ2v) is 7.64. The van der Waals surface area contributed by atoms with Gasteiger partial charge in [0.1, 0.15) is 11.8 Å². The number of rotatable bonds is 3. The number of carbonyl (C=O) groups is 1. The molecule has 144 valence electrons. The molecule has 1 atom stereocenters. The van der Waals surface area contributed by atoms with Crippen LogP contribution in [0.2, 0.25) is 0 Å². The Labute approximate surface area is 163 Å². The Morgan fingerprint density at radius 3 is 2.86 bits per heavy atom. The molecule has 2 fully saturated rings. The van der Waals surface area contributed by atoms with Crippen LogP contribution in [0.15, 0.2) is 48.9 Å². The summed E-state index contributed by atoms with van der Waals surface area (Å²) in [7, 11) is 0. The van der Waals surface area contributed by atoms with Gasteiger partial charge in [0.05, 0.1) is 23.8 Å². The van der Waals surface area contributed by atoms with Crippen LogP contribution in [0.4, 0.5) is 0 Å². The van der Waals surface area contributed by atoms with Crippen molar-refractivity contribution in [1.29, 1.82) is 0 Å².